The SMILES string of the molecule is CC(NCc1[nH]c2ccccc2c1Cl)C1CC2CCC1C2. The van der Waals surface area contributed by atoms with Gasteiger partial charge in [0.15, 0.2) is 0 Å². The van der Waals surface area contributed by atoms with Crippen molar-refractivity contribution in [3.8, 4) is 0 Å². The lowest BCUT2D eigenvalue weighted by molar-refractivity contribution is 0.259. The van der Waals surface area contributed by atoms with Crippen molar-refractivity contribution in [1.82, 2.24) is 10.3 Å². The van der Waals surface area contributed by atoms with E-state index in [2.05, 4.69) is 29.4 Å². The molecule has 2 bridgehead atoms. The van der Waals surface area contributed by atoms with Crippen molar-refractivity contribution in [3.63, 3.8) is 0 Å². The van der Waals surface area contributed by atoms with Crippen molar-refractivity contribution in [2.45, 2.75) is 45.2 Å². The van der Waals surface area contributed by atoms with Crippen molar-refractivity contribution in [1.29, 1.82) is 0 Å². The number of para-hydroxylation sites is 1. The maximum atomic E-state index is 6.49. The summed E-state index contributed by atoms with van der Waals surface area (Å²) in [4.78, 5) is 3.45. The van der Waals surface area contributed by atoms with Crippen LogP contribution in [-0.2, 0) is 6.54 Å². The van der Waals surface area contributed by atoms with Crippen LogP contribution < -0.4 is 5.32 Å². The zero-order valence-corrected chi connectivity index (χ0v) is 13.3. The molecule has 0 saturated heterocycles. The molecular weight excluding hydrogens is 280 g/mol. The predicted molar refractivity (Wildman–Crippen MR) is 88.5 cm³/mol. The highest BCUT2D eigenvalue weighted by atomic mass is 35.5. The minimum absolute atomic E-state index is 0.586. The van der Waals surface area contributed by atoms with E-state index in [4.69, 9.17) is 11.6 Å². The average Bonchev–Trinajstić information content (AvgIpc) is 3.20. The molecule has 3 heteroatoms. The maximum Gasteiger partial charge on any atom is 0.0705 e. The number of fused-ring (bicyclic) bond motifs is 3. The first-order valence-electron chi connectivity index (χ1n) is 8.21. The van der Waals surface area contributed by atoms with Crippen LogP contribution in [0.1, 0.15) is 38.3 Å². The Labute approximate surface area is 131 Å². The smallest absolute Gasteiger partial charge is 0.0705 e. The van der Waals surface area contributed by atoms with Gasteiger partial charge < -0.3 is 10.3 Å². The number of H-pyrrole nitrogens is 1. The molecule has 4 atom stereocenters. The van der Waals surface area contributed by atoms with Gasteiger partial charge in [-0.2, -0.15) is 0 Å². The van der Waals surface area contributed by atoms with Crippen molar-refractivity contribution >= 4 is 22.5 Å². The molecule has 112 valence electrons. The molecular formula is C18H23ClN2. The van der Waals surface area contributed by atoms with Crippen LogP contribution in [0.25, 0.3) is 10.9 Å². The number of halogens is 1. The fourth-order valence-electron chi connectivity index (χ4n) is 4.61. The second-order valence-electron chi connectivity index (χ2n) is 6.97. The normalized spacial score (nSPS) is 29.3. The molecule has 0 spiro atoms. The van der Waals surface area contributed by atoms with Crippen LogP contribution >= 0.6 is 11.6 Å². The highest BCUT2D eigenvalue weighted by Gasteiger charge is 2.41. The van der Waals surface area contributed by atoms with Crippen LogP contribution in [0.5, 0.6) is 0 Å². The van der Waals surface area contributed by atoms with Gasteiger partial charge in [0.25, 0.3) is 0 Å². The van der Waals surface area contributed by atoms with E-state index in [1.54, 1.807) is 0 Å². The van der Waals surface area contributed by atoms with Crippen LogP contribution in [-0.4, -0.2) is 11.0 Å². The molecule has 1 heterocycles. The van der Waals surface area contributed by atoms with E-state index in [1.807, 2.05) is 12.1 Å². The molecule has 4 rings (SSSR count). The molecule has 2 aromatic rings. The van der Waals surface area contributed by atoms with Gasteiger partial charge in [-0.15, -0.1) is 0 Å². The van der Waals surface area contributed by atoms with E-state index in [-0.39, 0.29) is 0 Å². The summed E-state index contributed by atoms with van der Waals surface area (Å²) in [5.74, 6) is 2.85. The lowest BCUT2D eigenvalue weighted by Crippen LogP contribution is -2.36. The molecule has 0 aliphatic heterocycles. The quantitative estimate of drug-likeness (QED) is 0.839. The molecule has 0 radical (unpaired) electrons. The van der Waals surface area contributed by atoms with E-state index in [0.717, 1.165) is 45.9 Å². The molecule has 2 aliphatic carbocycles. The molecule has 1 aromatic heterocycles. The summed E-state index contributed by atoms with van der Waals surface area (Å²) in [5, 5.41) is 5.71. The molecule has 2 nitrogen and oxygen atoms in total. The molecule has 4 unspecified atom stereocenters. The highest BCUT2D eigenvalue weighted by Crippen LogP contribution is 2.49. The minimum atomic E-state index is 0.586. The first kappa shape index (κ1) is 13.7. The lowest BCUT2D eigenvalue weighted by atomic mass is 9.84. The zero-order chi connectivity index (χ0) is 14.4. The largest absolute Gasteiger partial charge is 0.356 e. The Balaban J connectivity index is 1.44. The highest BCUT2D eigenvalue weighted by molar-refractivity contribution is 6.36. The van der Waals surface area contributed by atoms with E-state index in [0.29, 0.717) is 6.04 Å². The van der Waals surface area contributed by atoms with Crippen molar-refractivity contribution in [2.75, 3.05) is 0 Å². The predicted octanol–water partition coefficient (Wildman–Crippen LogP) is 4.74. The molecule has 2 aliphatic rings. The van der Waals surface area contributed by atoms with E-state index in [9.17, 15) is 0 Å². The van der Waals surface area contributed by atoms with Crippen LogP contribution in [0.4, 0.5) is 0 Å². The fourth-order valence-corrected chi connectivity index (χ4v) is 4.88. The van der Waals surface area contributed by atoms with Gasteiger partial charge in [0.1, 0.15) is 0 Å². The number of rotatable bonds is 4. The number of nitrogens with one attached hydrogen (secondary N) is 2. The van der Waals surface area contributed by atoms with Crippen LogP contribution in [0.15, 0.2) is 24.3 Å². The third-order valence-electron chi connectivity index (χ3n) is 5.75. The summed E-state index contributed by atoms with van der Waals surface area (Å²) in [6.45, 7) is 3.19. The molecule has 2 N–H and O–H groups in total. The Morgan fingerprint density at radius 2 is 2.14 bits per heavy atom. The van der Waals surface area contributed by atoms with Crippen LogP contribution in [0.3, 0.4) is 0 Å². The molecule has 0 amide bonds. The Bertz CT molecular complexity index is 648. The molecule has 21 heavy (non-hydrogen) atoms. The van der Waals surface area contributed by atoms with E-state index in [1.165, 1.54) is 25.7 Å². The van der Waals surface area contributed by atoms with Gasteiger partial charge in [0, 0.05) is 29.2 Å². The molecule has 2 saturated carbocycles. The number of aromatic nitrogens is 1. The standard InChI is InChI=1S/C18H23ClN2/c1-11(15-9-12-6-7-13(15)8-12)20-10-17-18(19)14-4-2-3-5-16(14)21-17/h2-5,11-13,15,20-21H,6-10H2,1H3. The first-order valence-corrected chi connectivity index (χ1v) is 8.58. The van der Waals surface area contributed by atoms with Crippen LogP contribution in [0.2, 0.25) is 5.02 Å². The minimum Gasteiger partial charge on any atom is -0.356 e. The van der Waals surface area contributed by atoms with Crippen molar-refractivity contribution in [2.24, 2.45) is 17.8 Å². The van der Waals surface area contributed by atoms with E-state index < -0.39 is 0 Å². The summed E-state index contributed by atoms with van der Waals surface area (Å²) in [6.07, 6.45) is 5.83. The maximum absolute atomic E-state index is 6.49. The van der Waals surface area contributed by atoms with Gasteiger partial charge in [-0.25, -0.2) is 0 Å². The third kappa shape index (κ3) is 2.39. The number of hydrogen-bond donors (Lipinski definition) is 2. The van der Waals surface area contributed by atoms with Gasteiger partial charge in [0.05, 0.1) is 5.02 Å². The van der Waals surface area contributed by atoms with Gasteiger partial charge in [-0.3, -0.25) is 0 Å². The summed E-state index contributed by atoms with van der Waals surface area (Å²) >= 11 is 6.49. The van der Waals surface area contributed by atoms with Gasteiger partial charge in [0.2, 0.25) is 0 Å². The van der Waals surface area contributed by atoms with Crippen molar-refractivity contribution in [3.05, 3.63) is 35.0 Å². The average molecular weight is 303 g/mol. The summed E-state index contributed by atoms with van der Waals surface area (Å²) in [7, 11) is 0. The van der Waals surface area contributed by atoms with Crippen LogP contribution in [0, 0.1) is 17.8 Å². The first-order chi connectivity index (χ1) is 10.2. The summed E-state index contributed by atoms with van der Waals surface area (Å²) in [6, 6.07) is 8.84. The fraction of sp³-hybridized carbons (Fsp3) is 0.556. The monoisotopic (exact) mass is 302 g/mol. The number of hydrogen-bond acceptors (Lipinski definition) is 1. The molecule has 1 aromatic carbocycles. The van der Waals surface area contributed by atoms with Gasteiger partial charge in [-0.1, -0.05) is 36.2 Å². The Hall–Kier alpha value is -0.990. The summed E-state index contributed by atoms with van der Waals surface area (Å²) in [5.41, 5.74) is 2.25. The topological polar surface area (TPSA) is 27.8 Å². The second kappa shape index (κ2) is 5.33. The number of aromatic amines is 1. The second-order valence-corrected chi connectivity index (χ2v) is 7.35. The Kier molecular flexibility index (Phi) is 3.47. The Morgan fingerprint density at radius 3 is 2.86 bits per heavy atom. The number of benzene rings is 1. The van der Waals surface area contributed by atoms with E-state index >= 15 is 0 Å². The van der Waals surface area contributed by atoms with Gasteiger partial charge >= 0.3 is 0 Å². The molecule has 2 fully saturated rings. The van der Waals surface area contributed by atoms with Crippen molar-refractivity contribution < 1.29 is 0 Å². The third-order valence-corrected chi connectivity index (χ3v) is 6.18. The summed E-state index contributed by atoms with van der Waals surface area (Å²) < 4.78 is 0. The lowest BCUT2D eigenvalue weighted by Gasteiger charge is -2.28. The van der Waals surface area contributed by atoms with Gasteiger partial charge in [-0.05, 0) is 50.0 Å². The zero-order valence-electron chi connectivity index (χ0n) is 12.5. The Morgan fingerprint density at radius 1 is 1.29 bits per heavy atom.